The van der Waals surface area contributed by atoms with Crippen LogP contribution in [0, 0.1) is 13.8 Å². The number of rotatable bonds is 4. The Hall–Kier alpha value is -2.16. The fraction of sp³-hybridized carbons (Fsp3) is 0.400. The molecule has 0 aliphatic heterocycles. The molecule has 0 spiro atoms. The average molecular weight is 310 g/mol. The Morgan fingerprint density at radius 3 is 2.17 bits per heavy atom. The SMILES string of the molecule is Cc1cc(C(C)(C)C)cc(C)c1CCNC(=O)c1ccncc1. The minimum Gasteiger partial charge on any atom is -0.352 e. The number of carbonyl (C=O) groups excluding carboxylic acids is 1. The van der Waals surface area contributed by atoms with Gasteiger partial charge in [0, 0.05) is 24.5 Å². The zero-order valence-corrected chi connectivity index (χ0v) is 14.7. The average Bonchev–Trinajstić information content (AvgIpc) is 2.49. The molecular formula is C20H26N2O. The third kappa shape index (κ3) is 4.41. The Morgan fingerprint density at radius 1 is 1.09 bits per heavy atom. The van der Waals surface area contributed by atoms with E-state index < -0.39 is 0 Å². The molecule has 0 aliphatic rings. The predicted molar refractivity (Wildman–Crippen MR) is 94.9 cm³/mol. The van der Waals surface area contributed by atoms with Crippen molar-refractivity contribution in [2.45, 2.75) is 46.5 Å². The van der Waals surface area contributed by atoms with Crippen LogP contribution in [0.15, 0.2) is 36.7 Å². The van der Waals surface area contributed by atoms with E-state index in [2.05, 4.69) is 57.1 Å². The molecule has 3 nitrogen and oxygen atoms in total. The number of aryl methyl sites for hydroxylation is 2. The van der Waals surface area contributed by atoms with Gasteiger partial charge in [-0.15, -0.1) is 0 Å². The number of nitrogens with one attached hydrogen (secondary N) is 1. The number of benzene rings is 1. The first-order chi connectivity index (χ1) is 10.8. The largest absolute Gasteiger partial charge is 0.352 e. The van der Waals surface area contributed by atoms with E-state index in [4.69, 9.17) is 0 Å². The summed E-state index contributed by atoms with van der Waals surface area (Å²) in [6.45, 7) is 11.6. The Bertz CT molecular complexity index is 662. The molecule has 2 aromatic rings. The van der Waals surface area contributed by atoms with Crippen LogP contribution in [0.4, 0.5) is 0 Å². The monoisotopic (exact) mass is 310 g/mol. The van der Waals surface area contributed by atoms with Gasteiger partial charge in [-0.25, -0.2) is 0 Å². The van der Waals surface area contributed by atoms with Crippen molar-refractivity contribution in [3.05, 3.63) is 64.5 Å². The number of hydrogen-bond acceptors (Lipinski definition) is 2. The smallest absolute Gasteiger partial charge is 0.251 e. The molecule has 0 bridgehead atoms. The van der Waals surface area contributed by atoms with Gasteiger partial charge in [0.1, 0.15) is 0 Å². The molecule has 0 fully saturated rings. The first-order valence-corrected chi connectivity index (χ1v) is 8.08. The fourth-order valence-electron chi connectivity index (χ4n) is 2.73. The highest BCUT2D eigenvalue weighted by molar-refractivity contribution is 5.93. The topological polar surface area (TPSA) is 42.0 Å². The minimum atomic E-state index is -0.0472. The number of pyridine rings is 1. The van der Waals surface area contributed by atoms with E-state index in [1.54, 1.807) is 24.5 Å². The van der Waals surface area contributed by atoms with Crippen molar-refractivity contribution in [1.82, 2.24) is 10.3 Å². The zero-order chi connectivity index (χ0) is 17.0. The normalized spacial score (nSPS) is 11.3. The van der Waals surface area contributed by atoms with E-state index in [-0.39, 0.29) is 11.3 Å². The van der Waals surface area contributed by atoms with Gasteiger partial charge in [0.2, 0.25) is 0 Å². The van der Waals surface area contributed by atoms with Crippen LogP contribution in [0.25, 0.3) is 0 Å². The van der Waals surface area contributed by atoms with E-state index in [1.165, 1.54) is 22.3 Å². The van der Waals surface area contributed by atoms with E-state index in [9.17, 15) is 4.79 Å². The Labute approximate surface area is 139 Å². The zero-order valence-electron chi connectivity index (χ0n) is 14.7. The van der Waals surface area contributed by atoms with Gasteiger partial charge in [0.15, 0.2) is 0 Å². The summed E-state index contributed by atoms with van der Waals surface area (Å²) < 4.78 is 0. The van der Waals surface area contributed by atoms with Crippen molar-refractivity contribution in [3.8, 4) is 0 Å². The van der Waals surface area contributed by atoms with Crippen molar-refractivity contribution in [3.63, 3.8) is 0 Å². The number of carbonyl (C=O) groups is 1. The molecule has 1 aromatic heterocycles. The molecule has 3 heteroatoms. The lowest BCUT2D eigenvalue weighted by atomic mass is 9.83. The van der Waals surface area contributed by atoms with Crippen LogP contribution in [0.1, 0.15) is 53.4 Å². The molecule has 0 aliphatic carbocycles. The van der Waals surface area contributed by atoms with Crippen LogP contribution < -0.4 is 5.32 Å². The van der Waals surface area contributed by atoms with Crippen molar-refractivity contribution in [1.29, 1.82) is 0 Å². The molecule has 0 radical (unpaired) electrons. The number of hydrogen-bond donors (Lipinski definition) is 1. The summed E-state index contributed by atoms with van der Waals surface area (Å²) in [7, 11) is 0. The Kier molecular flexibility index (Phi) is 5.19. The second-order valence-corrected chi connectivity index (χ2v) is 7.08. The van der Waals surface area contributed by atoms with Crippen LogP contribution in [0.3, 0.4) is 0 Å². The maximum Gasteiger partial charge on any atom is 0.251 e. The Balaban J connectivity index is 2.03. The quantitative estimate of drug-likeness (QED) is 0.928. The van der Waals surface area contributed by atoms with E-state index >= 15 is 0 Å². The summed E-state index contributed by atoms with van der Waals surface area (Å²) >= 11 is 0. The standard InChI is InChI=1S/C20H26N2O/c1-14-12-17(20(3,4)5)13-15(2)18(14)8-11-22-19(23)16-6-9-21-10-7-16/h6-7,9-10,12-13H,8,11H2,1-5H3,(H,22,23). The van der Waals surface area contributed by atoms with Crippen LogP contribution in [-0.2, 0) is 11.8 Å². The second kappa shape index (κ2) is 6.95. The molecule has 23 heavy (non-hydrogen) atoms. The highest BCUT2D eigenvalue weighted by Gasteiger charge is 2.16. The molecule has 0 saturated carbocycles. The Morgan fingerprint density at radius 2 is 1.65 bits per heavy atom. The summed E-state index contributed by atoms with van der Waals surface area (Å²) in [6, 6.07) is 7.99. The summed E-state index contributed by atoms with van der Waals surface area (Å²) in [5, 5.41) is 2.98. The van der Waals surface area contributed by atoms with Gasteiger partial charge in [0.25, 0.3) is 5.91 Å². The fourth-order valence-corrected chi connectivity index (χ4v) is 2.73. The molecule has 1 aromatic carbocycles. The number of nitrogens with zero attached hydrogens (tertiary/aromatic N) is 1. The lowest BCUT2D eigenvalue weighted by molar-refractivity contribution is 0.0954. The number of aromatic nitrogens is 1. The van der Waals surface area contributed by atoms with Gasteiger partial charge in [0.05, 0.1) is 0 Å². The molecular weight excluding hydrogens is 284 g/mol. The first kappa shape index (κ1) is 17.2. The van der Waals surface area contributed by atoms with Gasteiger partial charge in [-0.05, 0) is 60.1 Å². The van der Waals surface area contributed by atoms with Crippen LogP contribution in [0.2, 0.25) is 0 Å². The lowest BCUT2D eigenvalue weighted by Gasteiger charge is -2.22. The van der Waals surface area contributed by atoms with Gasteiger partial charge >= 0.3 is 0 Å². The maximum absolute atomic E-state index is 12.1. The minimum absolute atomic E-state index is 0.0472. The molecule has 0 atom stereocenters. The maximum atomic E-state index is 12.1. The molecule has 0 unspecified atom stereocenters. The third-order valence-electron chi connectivity index (χ3n) is 4.17. The highest BCUT2D eigenvalue weighted by Crippen LogP contribution is 2.27. The molecule has 1 amide bonds. The van der Waals surface area contributed by atoms with E-state index in [0.717, 1.165) is 6.42 Å². The molecule has 1 N–H and O–H groups in total. The molecule has 0 saturated heterocycles. The van der Waals surface area contributed by atoms with Gasteiger partial charge < -0.3 is 5.32 Å². The predicted octanol–water partition coefficient (Wildman–Crippen LogP) is 3.97. The van der Waals surface area contributed by atoms with E-state index in [0.29, 0.717) is 12.1 Å². The summed E-state index contributed by atoms with van der Waals surface area (Å²) in [5.41, 5.74) is 6.09. The summed E-state index contributed by atoms with van der Waals surface area (Å²) in [6.07, 6.45) is 4.11. The van der Waals surface area contributed by atoms with Gasteiger partial charge in [-0.1, -0.05) is 32.9 Å². The van der Waals surface area contributed by atoms with Crippen molar-refractivity contribution in [2.24, 2.45) is 0 Å². The lowest BCUT2D eigenvalue weighted by Crippen LogP contribution is -2.26. The highest BCUT2D eigenvalue weighted by atomic mass is 16.1. The van der Waals surface area contributed by atoms with Crippen LogP contribution in [0.5, 0.6) is 0 Å². The van der Waals surface area contributed by atoms with Crippen LogP contribution in [-0.4, -0.2) is 17.4 Å². The summed E-state index contributed by atoms with van der Waals surface area (Å²) in [5.74, 6) is -0.0472. The molecule has 1 heterocycles. The van der Waals surface area contributed by atoms with Gasteiger partial charge in [-0.3, -0.25) is 9.78 Å². The second-order valence-electron chi connectivity index (χ2n) is 7.08. The molecule has 122 valence electrons. The van der Waals surface area contributed by atoms with Crippen molar-refractivity contribution < 1.29 is 4.79 Å². The van der Waals surface area contributed by atoms with Crippen molar-refractivity contribution in [2.75, 3.05) is 6.54 Å². The first-order valence-electron chi connectivity index (χ1n) is 8.08. The molecule has 2 rings (SSSR count). The van der Waals surface area contributed by atoms with E-state index in [1.807, 2.05) is 0 Å². The van der Waals surface area contributed by atoms with Crippen molar-refractivity contribution >= 4 is 5.91 Å². The van der Waals surface area contributed by atoms with Crippen LogP contribution >= 0.6 is 0 Å². The summed E-state index contributed by atoms with van der Waals surface area (Å²) in [4.78, 5) is 16.0. The number of amides is 1. The van der Waals surface area contributed by atoms with Gasteiger partial charge in [-0.2, -0.15) is 0 Å². The third-order valence-corrected chi connectivity index (χ3v) is 4.17.